The van der Waals surface area contributed by atoms with Gasteiger partial charge >= 0.3 is 0 Å². The van der Waals surface area contributed by atoms with Crippen LogP contribution in [0.1, 0.15) is 89.2 Å². The highest BCUT2D eigenvalue weighted by Crippen LogP contribution is 2.22. The number of carbonyl (C=O) groups excluding carboxylic acids is 1. The fraction of sp³-hybridized carbons (Fsp3) is 0.500. The highest BCUT2D eigenvalue weighted by molar-refractivity contribution is 6.35. The minimum absolute atomic E-state index is 0.230. The van der Waals surface area contributed by atoms with E-state index in [1.54, 1.807) is 6.07 Å². The first-order valence-electron chi connectivity index (χ1n) is 12.9. The zero-order chi connectivity index (χ0) is 24.6. The van der Waals surface area contributed by atoms with Crippen molar-refractivity contribution in [1.29, 1.82) is 0 Å². The third-order valence-corrected chi connectivity index (χ3v) is 6.75. The molecule has 0 aliphatic carbocycles. The quantitative estimate of drug-likeness (QED) is 0.209. The molecule has 0 radical (unpaired) electrons. The van der Waals surface area contributed by atoms with Crippen molar-refractivity contribution in [2.75, 3.05) is 13.1 Å². The molecule has 0 N–H and O–H groups in total. The summed E-state index contributed by atoms with van der Waals surface area (Å²) in [5, 5.41) is 1.30. The number of hydrogen-bond acceptors (Lipinski definition) is 1. The molecular formula is C30H41Cl2NO. The molecule has 4 heteroatoms. The number of nitrogens with zero attached hydrogens (tertiary/aromatic N) is 1. The van der Waals surface area contributed by atoms with Gasteiger partial charge in [0.25, 0.3) is 0 Å². The van der Waals surface area contributed by atoms with Gasteiger partial charge in [0.05, 0.1) is 0 Å². The Morgan fingerprint density at radius 3 is 2.18 bits per heavy atom. The van der Waals surface area contributed by atoms with Crippen LogP contribution in [0.3, 0.4) is 0 Å². The second kappa shape index (κ2) is 16.8. The van der Waals surface area contributed by atoms with E-state index >= 15 is 0 Å². The highest BCUT2D eigenvalue weighted by Gasteiger charge is 2.15. The van der Waals surface area contributed by atoms with Gasteiger partial charge in [0, 0.05) is 29.6 Å². The Morgan fingerprint density at radius 2 is 1.53 bits per heavy atom. The lowest BCUT2D eigenvalue weighted by molar-refractivity contribution is -0.130. The summed E-state index contributed by atoms with van der Waals surface area (Å²) in [4.78, 5) is 15.1. The van der Waals surface area contributed by atoms with E-state index in [1.807, 2.05) is 35.2 Å². The Labute approximate surface area is 217 Å². The van der Waals surface area contributed by atoms with E-state index in [0.29, 0.717) is 29.6 Å². The normalized spacial score (nSPS) is 11.6. The SMILES string of the molecule is CCCCCCCCCCCC(=O)N(CCc1ccc(Cl)cc1Cl)CC(C)=Cc1ccccc1. The molecule has 0 heterocycles. The van der Waals surface area contributed by atoms with Crippen LogP contribution in [0.4, 0.5) is 0 Å². The van der Waals surface area contributed by atoms with Crippen molar-refractivity contribution in [2.24, 2.45) is 0 Å². The number of unbranched alkanes of at least 4 members (excludes halogenated alkanes) is 8. The van der Waals surface area contributed by atoms with Gasteiger partial charge in [-0.25, -0.2) is 0 Å². The Bertz CT molecular complexity index is 879. The fourth-order valence-corrected chi connectivity index (χ4v) is 4.70. The van der Waals surface area contributed by atoms with Crippen molar-refractivity contribution in [3.8, 4) is 0 Å². The van der Waals surface area contributed by atoms with Crippen LogP contribution >= 0.6 is 23.2 Å². The van der Waals surface area contributed by atoms with Gasteiger partial charge in [0.15, 0.2) is 0 Å². The van der Waals surface area contributed by atoms with Crippen molar-refractivity contribution < 1.29 is 4.79 Å². The van der Waals surface area contributed by atoms with Crippen LogP contribution in [0.5, 0.6) is 0 Å². The molecule has 2 nitrogen and oxygen atoms in total. The first kappa shape index (κ1) is 28.5. The topological polar surface area (TPSA) is 20.3 Å². The fourth-order valence-electron chi connectivity index (χ4n) is 4.20. The number of rotatable bonds is 16. The number of benzene rings is 2. The molecular weight excluding hydrogens is 461 g/mol. The predicted octanol–water partition coefficient (Wildman–Crippen LogP) is 9.39. The Hall–Kier alpha value is -1.77. The molecule has 0 saturated heterocycles. The van der Waals surface area contributed by atoms with Crippen LogP contribution < -0.4 is 0 Å². The summed E-state index contributed by atoms with van der Waals surface area (Å²) in [6.45, 7) is 5.64. The van der Waals surface area contributed by atoms with Crippen molar-refractivity contribution in [1.82, 2.24) is 4.90 Å². The molecule has 0 aromatic heterocycles. The zero-order valence-electron chi connectivity index (χ0n) is 21.0. The lowest BCUT2D eigenvalue weighted by Crippen LogP contribution is -2.34. The number of halogens is 2. The standard InChI is InChI=1S/C30H41Cl2NO/c1-3-4-5-6-7-8-9-10-14-17-30(34)33(21-20-27-18-19-28(31)23-29(27)32)24-25(2)22-26-15-12-11-13-16-26/h11-13,15-16,18-19,22-23H,3-10,14,17,20-21,24H2,1-2H3. The van der Waals surface area contributed by atoms with E-state index < -0.39 is 0 Å². The molecule has 0 aliphatic heterocycles. The Morgan fingerprint density at radius 1 is 0.882 bits per heavy atom. The second-order valence-electron chi connectivity index (χ2n) is 9.28. The smallest absolute Gasteiger partial charge is 0.222 e. The summed E-state index contributed by atoms with van der Waals surface area (Å²) in [5.74, 6) is 0.230. The minimum atomic E-state index is 0.230. The average Bonchev–Trinajstić information content (AvgIpc) is 2.82. The molecule has 34 heavy (non-hydrogen) atoms. The molecule has 0 bridgehead atoms. The van der Waals surface area contributed by atoms with Gasteiger partial charge in [-0.15, -0.1) is 0 Å². The molecule has 1 amide bonds. The average molecular weight is 503 g/mol. The van der Waals surface area contributed by atoms with Crippen molar-refractivity contribution in [3.05, 3.63) is 75.3 Å². The third kappa shape index (κ3) is 11.6. The summed E-state index contributed by atoms with van der Waals surface area (Å²) < 4.78 is 0. The third-order valence-electron chi connectivity index (χ3n) is 6.17. The number of hydrogen-bond donors (Lipinski definition) is 0. The second-order valence-corrected chi connectivity index (χ2v) is 10.1. The molecule has 2 aromatic rings. The maximum absolute atomic E-state index is 13.1. The minimum Gasteiger partial charge on any atom is -0.338 e. The first-order valence-corrected chi connectivity index (χ1v) is 13.7. The van der Waals surface area contributed by atoms with Crippen LogP contribution in [0.2, 0.25) is 10.0 Å². The molecule has 0 spiro atoms. The van der Waals surface area contributed by atoms with Crippen molar-refractivity contribution in [2.45, 2.75) is 84.5 Å². The molecule has 0 unspecified atom stereocenters. The van der Waals surface area contributed by atoms with Gasteiger partial charge in [-0.3, -0.25) is 4.79 Å². The predicted molar refractivity (Wildman–Crippen MR) is 149 cm³/mol. The van der Waals surface area contributed by atoms with Gasteiger partial charge in [-0.1, -0.05) is 130 Å². The highest BCUT2D eigenvalue weighted by atomic mass is 35.5. The molecule has 0 aliphatic rings. The number of carbonyl (C=O) groups is 1. The Balaban J connectivity index is 1.89. The number of amides is 1. The molecule has 2 rings (SSSR count). The zero-order valence-corrected chi connectivity index (χ0v) is 22.5. The van der Waals surface area contributed by atoms with Gasteiger partial charge in [-0.05, 0) is 43.0 Å². The van der Waals surface area contributed by atoms with E-state index in [-0.39, 0.29) is 5.91 Å². The molecule has 2 aromatic carbocycles. The largest absolute Gasteiger partial charge is 0.338 e. The molecule has 0 fully saturated rings. The maximum atomic E-state index is 13.1. The van der Waals surface area contributed by atoms with Gasteiger partial charge in [0.1, 0.15) is 0 Å². The maximum Gasteiger partial charge on any atom is 0.222 e. The van der Waals surface area contributed by atoms with Crippen LogP contribution in [0.15, 0.2) is 54.1 Å². The van der Waals surface area contributed by atoms with E-state index in [4.69, 9.17) is 23.2 Å². The summed E-state index contributed by atoms with van der Waals surface area (Å²) >= 11 is 12.4. The van der Waals surface area contributed by atoms with Gasteiger partial charge < -0.3 is 4.90 Å². The van der Waals surface area contributed by atoms with Gasteiger partial charge in [-0.2, -0.15) is 0 Å². The summed E-state index contributed by atoms with van der Waals surface area (Å²) in [6, 6.07) is 15.9. The van der Waals surface area contributed by atoms with E-state index in [9.17, 15) is 4.79 Å². The first-order chi connectivity index (χ1) is 16.5. The van der Waals surface area contributed by atoms with Crippen LogP contribution in [0.25, 0.3) is 6.08 Å². The van der Waals surface area contributed by atoms with E-state index in [2.05, 4.69) is 32.1 Å². The summed E-state index contributed by atoms with van der Waals surface area (Å²) in [5.41, 5.74) is 3.36. The molecule has 186 valence electrons. The van der Waals surface area contributed by atoms with Crippen molar-refractivity contribution in [3.63, 3.8) is 0 Å². The van der Waals surface area contributed by atoms with Crippen LogP contribution in [-0.2, 0) is 11.2 Å². The molecule has 0 saturated carbocycles. The van der Waals surface area contributed by atoms with Crippen LogP contribution in [-0.4, -0.2) is 23.9 Å². The Kier molecular flexibility index (Phi) is 14.1. The lowest BCUT2D eigenvalue weighted by Gasteiger charge is -2.24. The summed E-state index contributed by atoms with van der Waals surface area (Å²) in [7, 11) is 0. The van der Waals surface area contributed by atoms with Gasteiger partial charge in [0.2, 0.25) is 5.91 Å². The lowest BCUT2D eigenvalue weighted by atomic mass is 10.1. The van der Waals surface area contributed by atoms with E-state index in [0.717, 1.165) is 30.4 Å². The molecule has 0 atom stereocenters. The van der Waals surface area contributed by atoms with E-state index in [1.165, 1.54) is 50.5 Å². The van der Waals surface area contributed by atoms with Crippen molar-refractivity contribution >= 4 is 35.2 Å². The van der Waals surface area contributed by atoms with Crippen LogP contribution in [0, 0.1) is 0 Å². The summed E-state index contributed by atoms with van der Waals surface area (Å²) in [6.07, 6.45) is 14.8. The monoisotopic (exact) mass is 501 g/mol.